The molecule has 3 nitrogen and oxygen atoms in total. The van der Waals surface area contributed by atoms with Crippen LogP contribution in [0.3, 0.4) is 0 Å². The summed E-state index contributed by atoms with van der Waals surface area (Å²) >= 11 is 12.3. The zero-order valence-electron chi connectivity index (χ0n) is 14.1. The molecule has 128 valence electrons. The summed E-state index contributed by atoms with van der Waals surface area (Å²) in [5.41, 5.74) is 3.80. The van der Waals surface area contributed by atoms with Crippen molar-refractivity contribution in [3.63, 3.8) is 0 Å². The average molecular weight is 366 g/mol. The summed E-state index contributed by atoms with van der Waals surface area (Å²) in [5.74, 6) is 0.267. The van der Waals surface area contributed by atoms with E-state index in [9.17, 15) is 4.79 Å². The van der Waals surface area contributed by atoms with Gasteiger partial charge >= 0.3 is 0 Å². The third-order valence-corrected chi connectivity index (χ3v) is 4.45. The Bertz CT molecular complexity index is 744. The minimum atomic E-state index is -0.237. The Morgan fingerprint density at radius 3 is 2.46 bits per heavy atom. The number of rotatable bonds is 6. The predicted molar refractivity (Wildman–Crippen MR) is 101 cm³/mol. The van der Waals surface area contributed by atoms with Crippen LogP contribution in [-0.4, -0.2) is 12.5 Å². The van der Waals surface area contributed by atoms with Crippen LogP contribution in [0.2, 0.25) is 10.0 Å². The van der Waals surface area contributed by atoms with Gasteiger partial charge in [-0.3, -0.25) is 4.79 Å². The van der Waals surface area contributed by atoms with Crippen LogP contribution in [0.1, 0.15) is 30.5 Å². The highest BCUT2D eigenvalue weighted by Crippen LogP contribution is 2.30. The van der Waals surface area contributed by atoms with Crippen LogP contribution in [0, 0.1) is 6.92 Å². The van der Waals surface area contributed by atoms with E-state index in [4.69, 9.17) is 27.9 Å². The van der Waals surface area contributed by atoms with Gasteiger partial charge in [-0.25, -0.2) is 0 Å². The lowest BCUT2D eigenvalue weighted by Crippen LogP contribution is -2.22. The highest BCUT2D eigenvalue weighted by atomic mass is 35.5. The maximum atomic E-state index is 12.3. The summed E-state index contributed by atoms with van der Waals surface area (Å²) in [5, 5.41) is 4.08. The van der Waals surface area contributed by atoms with Crippen LogP contribution >= 0.6 is 23.2 Å². The van der Waals surface area contributed by atoms with Gasteiger partial charge < -0.3 is 10.1 Å². The molecule has 0 aliphatic heterocycles. The molecule has 0 unspecified atom stereocenters. The maximum absolute atomic E-state index is 12.3. The molecule has 0 aromatic heterocycles. The molecule has 0 radical (unpaired) electrons. The van der Waals surface area contributed by atoms with Crippen molar-refractivity contribution < 1.29 is 9.53 Å². The van der Waals surface area contributed by atoms with E-state index in [0.717, 1.165) is 35.2 Å². The Kier molecular flexibility index (Phi) is 6.52. The number of halogens is 2. The molecule has 2 aromatic rings. The molecule has 0 spiro atoms. The summed E-state index contributed by atoms with van der Waals surface area (Å²) < 4.78 is 5.55. The molecule has 0 aliphatic rings. The van der Waals surface area contributed by atoms with Gasteiger partial charge in [0.25, 0.3) is 5.91 Å². The molecule has 0 heterocycles. The van der Waals surface area contributed by atoms with Gasteiger partial charge in [-0.15, -0.1) is 0 Å². The normalized spacial score (nSPS) is 10.5. The van der Waals surface area contributed by atoms with E-state index in [-0.39, 0.29) is 12.5 Å². The molecule has 2 rings (SSSR count). The van der Waals surface area contributed by atoms with E-state index in [0.29, 0.717) is 15.8 Å². The monoisotopic (exact) mass is 365 g/mol. The summed E-state index contributed by atoms with van der Waals surface area (Å²) in [7, 11) is 0. The number of benzene rings is 2. The molecule has 0 saturated heterocycles. The lowest BCUT2D eigenvalue weighted by Gasteiger charge is -2.16. The van der Waals surface area contributed by atoms with Crippen molar-refractivity contribution in [2.75, 3.05) is 11.9 Å². The molecule has 24 heavy (non-hydrogen) atoms. The van der Waals surface area contributed by atoms with Crippen molar-refractivity contribution in [1.82, 2.24) is 0 Å². The van der Waals surface area contributed by atoms with Gasteiger partial charge in [0, 0.05) is 10.7 Å². The van der Waals surface area contributed by atoms with E-state index in [1.807, 2.05) is 45.0 Å². The zero-order valence-corrected chi connectivity index (χ0v) is 15.6. The molecule has 0 bridgehead atoms. The predicted octanol–water partition coefficient (Wildman–Crippen LogP) is 5.44. The van der Waals surface area contributed by atoms with E-state index in [1.165, 1.54) is 0 Å². The molecule has 2 aromatic carbocycles. The summed E-state index contributed by atoms with van der Waals surface area (Å²) in [6.07, 6.45) is 1.55. The van der Waals surface area contributed by atoms with E-state index in [1.54, 1.807) is 6.07 Å². The van der Waals surface area contributed by atoms with E-state index in [2.05, 4.69) is 5.32 Å². The number of amides is 1. The molecular weight excluding hydrogens is 345 g/mol. The second-order valence-electron chi connectivity index (χ2n) is 5.54. The van der Waals surface area contributed by atoms with Crippen LogP contribution < -0.4 is 10.1 Å². The molecule has 1 N–H and O–H groups in total. The first kappa shape index (κ1) is 18.6. The van der Waals surface area contributed by atoms with Gasteiger partial charge in [0.15, 0.2) is 6.61 Å². The fraction of sp³-hybridized carbons (Fsp3) is 0.316. The number of aryl methyl sites for hydroxylation is 2. The molecule has 0 saturated carbocycles. The minimum Gasteiger partial charge on any atom is -0.482 e. The topological polar surface area (TPSA) is 38.3 Å². The number of hydrogen-bond acceptors (Lipinski definition) is 2. The van der Waals surface area contributed by atoms with Crippen molar-refractivity contribution in [1.29, 1.82) is 0 Å². The van der Waals surface area contributed by atoms with Crippen LogP contribution in [-0.2, 0) is 17.6 Å². The lowest BCUT2D eigenvalue weighted by molar-refractivity contribution is -0.118. The third kappa shape index (κ3) is 4.43. The van der Waals surface area contributed by atoms with Crippen LogP contribution in [0.25, 0.3) is 0 Å². The van der Waals surface area contributed by atoms with Crippen molar-refractivity contribution in [2.24, 2.45) is 0 Å². The minimum absolute atomic E-state index is 0.109. The largest absolute Gasteiger partial charge is 0.482 e. The van der Waals surface area contributed by atoms with Crippen molar-refractivity contribution in [3.05, 3.63) is 57.1 Å². The van der Waals surface area contributed by atoms with Gasteiger partial charge in [-0.2, -0.15) is 0 Å². The maximum Gasteiger partial charge on any atom is 0.262 e. The molecule has 0 fully saturated rings. The molecule has 1 amide bonds. The molecule has 0 atom stereocenters. The number of ether oxygens (including phenoxy) is 1. The SMILES string of the molecule is CCc1ccc(Cl)c(CC)c1NC(=O)COc1cc(C)ccc1Cl. The number of nitrogens with one attached hydrogen (secondary N) is 1. The van der Waals surface area contributed by atoms with Gasteiger partial charge in [0.2, 0.25) is 0 Å². The standard InChI is InChI=1S/C19H21Cl2NO2/c1-4-13-7-9-15(20)14(5-2)19(13)22-18(23)11-24-17-10-12(3)6-8-16(17)21/h6-10H,4-5,11H2,1-3H3,(H,22,23). The Morgan fingerprint density at radius 2 is 1.79 bits per heavy atom. The van der Waals surface area contributed by atoms with Crippen molar-refractivity contribution >= 4 is 34.8 Å². The second-order valence-corrected chi connectivity index (χ2v) is 6.35. The Balaban J connectivity index is 2.12. The first-order valence-electron chi connectivity index (χ1n) is 7.95. The molecular formula is C19H21Cl2NO2. The first-order valence-corrected chi connectivity index (χ1v) is 8.70. The highest BCUT2D eigenvalue weighted by molar-refractivity contribution is 6.32. The quantitative estimate of drug-likeness (QED) is 0.739. The van der Waals surface area contributed by atoms with Crippen molar-refractivity contribution in [3.8, 4) is 5.75 Å². The van der Waals surface area contributed by atoms with Crippen LogP contribution in [0.15, 0.2) is 30.3 Å². The Morgan fingerprint density at radius 1 is 1.08 bits per heavy atom. The molecule has 5 heteroatoms. The lowest BCUT2D eigenvalue weighted by atomic mass is 10.0. The number of carbonyl (C=O) groups excluding carboxylic acids is 1. The number of anilines is 1. The smallest absolute Gasteiger partial charge is 0.262 e. The Labute approximate surface area is 152 Å². The van der Waals surface area contributed by atoms with E-state index < -0.39 is 0 Å². The first-order chi connectivity index (χ1) is 11.5. The average Bonchev–Trinajstić information content (AvgIpc) is 2.56. The summed E-state index contributed by atoms with van der Waals surface area (Å²) in [4.78, 5) is 12.3. The van der Waals surface area contributed by atoms with Gasteiger partial charge in [-0.1, -0.05) is 49.2 Å². The number of hydrogen-bond donors (Lipinski definition) is 1. The summed E-state index contributed by atoms with van der Waals surface area (Å²) in [6.45, 7) is 5.89. The van der Waals surface area contributed by atoms with E-state index >= 15 is 0 Å². The highest BCUT2D eigenvalue weighted by Gasteiger charge is 2.14. The zero-order chi connectivity index (χ0) is 17.7. The van der Waals surface area contributed by atoms with Crippen LogP contribution in [0.4, 0.5) is 5.69 Å². The van der Waals surface area contributed by atoms with Gasteiger partial charge in [0.1, 0.15) is 5.75 Å². The fourth-order valence-electron chi connectivity index (χ4n) is 2.51. The second kappa shape index (κ2) is 8.41. The molecule has 0 aliphatic carbocycles. The number of carbonyl (C=O) groups is 1. The summed E-state index contributed by atoms with van der Waals surface area (Å²) in [6, 6.07) is 9.27. The van der Waals surface area contributed by atoms with Crippen LogP contribution in [0.5, 0.6) is 5.75 Å². The fourth-order valence-corrected chi connectivity index (χ4v) is 2.97. The van der Waals surface area contributed by atoms with Gasteiger partial charge in [0.05, 0.1) is 5.02 Å². The third-order valence-electron chi connectivity index (χ3n) is 3.79. The Hall–Kier alpha value is -1.71. The van der Waals surface area contributed by atoms with Crippen molar-refractivity contribution in [2.45, 2.75) is 33.6 Å². The van der Waals surface area contributed by atoms with Gasteiger partial charge in [-0.05, 0) is 54.7 Å².